The lowest BCUT2D eigenvalue weighted by molar-refractivity contribution is 0.0466. The van der Waals surface area contributed by atoms with Crippen molar-refractivity contribution >= 4 is 22.4 Å². The molecule has 0 saturated heterocycles. The van der Waals surface area contributed by atoms with Crippen LogP contribution >= 0.6 is 0 Å². The van der Waals surface area contributed by atoms with Gasteiger partial charge in [-0.15, -0.1) is 0 Å². The maximum atomic E-state index is 12.7. The molecule has 0 radical (unpaired) electrons. The fraction of sp³-hybridized carbons (Fsp3) is 0.286. The van der Waals surface area contributed by atoms with Gasteiger partial charge in [-0.2, -0.15) is 5.10 Å². The number of hydrogen-bond acceptors (Lipinski definition) is 5. The van der Waals surface area contributed by atoms with Crippen molar-refractivity contribution < 1.29 is 9.53 Å². The van der Waals surface area contributed by atoms with Gasteiger partial charge in [0.05, 0.1) is 5.39 Å². The first kappa shape index (κ1) is 18.6. The van der Waals surface area contributed by atoms with E-state index in [1.54, 1.807) is 24.3 Å². The molecule has 0 N–H and O–H groups in total. The zero-order valence-corrected chi connectivity index (χ0v) is 15.8. The average Bonchev–Trinajstić information content (AvgIpc) is 2.70. The van der Waals surface area contributed by atoms with Gasteiger partial charge in [-0.25, -0.2) is 9.48 Å². The summed E-state index contributed by atoms with van der Waals surface area (Å²) in [6.07, 6.45) is 0. The smallest absolute Gasteiger partial charge is 0.359 e. The molecular formula is C21H23N3O3. The number of carbonyl (C=O) groups excluding carboxylic acids is 1. The van der Waals surface area contributed by atoms with Crippen LogP contribution in [0.2, 0.25) is 0 Å². The molecule has 1 aromatic heterocycles. The van der Waals surface area contributed by atoms with Crippen LogP contribution in [0.3, 0.4) is 0 Å². The second-order valence-corrected chi connectivity index (χ2v) is 6.20. The number of benzene rings is 2. The van der Waals surface area contributed by atoms with Crippen molar-refractivity contribution in [1.82, 2.24) is 9.78 Å². The van der Waals surface area contributed by atoms with Gasteiger partial charge in [-0.1, -0.05) is 36.4 Å². The number of anilines is 1. The molecule has 0 aliphatic carbocycles. The summed E-state index contributed by atoms with van der Waals surface area (Å²) in [6, 6.07) is 14.8. The Balaban J connectivity index is 1.89. The molecule has 140 valence electrons. The largest absolute Gasteiger partial charge is 0.456 e. The van der Waals surface area contributed by atoms with Crippen molar-refractivity contribution in [3.05, 3.63) is 70.1 Å². The van der Waals surface area contributed by atoms with Gasteiger partial charge in [-0.05, 0) is 26.0 Å². The fourth-order valence-electron chi connectivity index (χ4n) is 3.17. The zero-order chi connectivity index (χ0) is 19.4. The van der Waals surface area contributed by atoms with E-state index in [4.69, 9.17) is 4.74 Å². The van der Waals surface area contributed by atoms with Gasteiger partial charge >= 0.3 is 5.97 Å². The average molecular weight is 365 g/mol. The molecule has 0 spiro atoms. The minimum atomic E-state index is -0.545. The van der Waals surface area contributed by atoms with Crippen molar-refractivity contribution in [2.45, 2.75) is 20.5 Å². The highest BCUT2D eigenvalue weighted by atomic mass is 16.5. The van der Waals surface area contributed by atoms with Gasteiger partial charge in [0, 0.05) is 36.8 Å². The van der Waals surface area contributed by atoms with Crippen molar-refractivity contribution in [2.75, 3.05) is 18.0 Å². The number of fused-ring (bicyclic) bond motifs is 1. The lowest BCUT2D eigenvalue weighted by atomic mass is 10.1. The Bertz CT molecular complexity index is 1020. The number of para-hydroxylation sites is 1. The molecule has 3 rings (SSSR count). The molecule has 1 heterocycles. The van der Waals surface area contributed by atoms with Gasteiger partial charge in [0.25, 0.3) is 5.56 Å². The lowest BCUT2D eigenvalue weighted by Gasteiger charge is -2.24. The number of nitrogens with zero attached hydrogens (tertiary/aromatic N) is 3. The van der Waals surface area contributed by atoms with Crippen LogP contribution in [-0.2, 0) is 18.4 Å². The van der Waals surface area contributed by atoms with Crippen LogP contribution in [0.5, 0.6) is 0 Å². The van der Waals surface area contributed by atoms with Crippen molar-refractivity contribution in [3.63, 3.8) is 0 Å². The van der Waals surface area contributed by atoms with Gasteiger partial charge < -0.3 is 9.64 Å². The van der Waals surface area contributed by atoms with Crippen LogP contribution in [0.25, 0.3) is 10.8 Å². The molecule has 0 aliphatic rings. The molecule has 0 amide bonds. The molecule has 0 unspecified atom stereocenters. The van der Waals surface area contributed by atoms with Crippen molar-refractivity contribution in [2.24, 2.45) is 7.05 Å². The fourth-order valence-corrected chi connectivity index (χ4v) is 3.17. The first-order chi connectivity index (χ1) is 13.1. The van der Waals surface area contributed by atoms with E-state index >= 15 is 0 Å². The first-order valence-electron chi connectivity index (χ1n) is 9.02. The van der Waals surface area contributed by atoms with Gasteiger partial charge in [0.1, 0.15) is 6.61 Å². The highest BCUT2D eigenvalue weighted by molar-refractivity contribution is 6.02. The Morgan fingerprint density at radius 3 is 2.37 bits per heavy atom. The second kappa shape index (κ2) is 8.03. The van der Waals surface area contributed by atoms with Crippen molar-refractivity contribution in [3.8, 4) is 0 Å². The number of carbonyl (C=O) groups is 1. The summed E-state index contributed by atoms with van der Waals surface area (Å²) in [5.74, 6) is -0.545. The predicted octanol–water partition coefficient (Wildman–Crippen LogP) is 3.14. The molecule has 2 aromatic carbocycles. The van der Waals surface area contributed by atoms with E-state index in [1.807, 2.05) is 24.3 Å². The predicted molar refractivity (Wildman–Crippen MR) is 106 cm³/mol. The van der Waals surface area contributed by atoms with E-state index in [9.17, 15) is 9.59 Å². The Kier molecular flexibility index (Phi) is 5.54. The number of ether oxygens (including phenoxy) is 1. The Hall–Kier alpha value is -3.15. The summed E-state index contributed by atoms with van der Waals surface area (Å²) < 4.78 is 6.72. The number of aryl methyl sites for hydroxylation is 1. The third kappa shape index (κ3) is 3.69. The SMILES string of the molecule is CCN(CC)c1ccccc1COC(=O)c1nn(C)c(=O)c2ccccc12. The first-order valence-corrected chi connectivity index (χ1v) is 9.02. The van der Waals surface area contributed by atoms with Crippen LogP contribution < -0.4 is 10.5 Å². The quantitative estimate of drug-likeness (QED) is 0.628. The third-order valence-corrected chi connectivity index (χ3v) is 4.60. The highest BCUT2D eigenvalue weighted by Gasteiger charge is 2.18. The molecule has 6 heteroatoms. The molecule has 0 bridgehead atoms. The molecule has 3 aromatic rings. The van der Waals surface area contributed by atoms with Crippen LogP contribution in [0.1, 0.15) is 29.9 Å². The van der Waals surface area contributed by atoms with E-state index in [0.29, 0.717) is 10.8 Å². The van der Waals surface area contributed by atoms with Crippen molar-refractivity contribution in [1.29, 1.82) is 0 Å². The summed E-state index contributed by atoms with van der Waals surface area (Å²) >= 11 is 0. The van der Waals surface area contributed by atoms with Crippen LogP contribution in [0.4, 0.5) is 5.69 Å². The third-order valence-electron chi connectivity index (χ3n) is 4.60. The molecule has 0 atom stereocenters. The van der Waals surface area contributed by atoms with Gasteiger partial charge in [-0.3, -0.25) is 4.79 Å². The van der Waals surface area contributed by atoms with E-state index in [0.717, 1.165) is 24.3 Å². The maximum absolute atomic E-state index is 12.7. The summed E-state index contributed by atoms with van der Waals surface area (Å²) in [6.45, 7) is 6.06. The van der Waals surface area contributed by atoms with Crippen LogP contribution in [0, 0.1) is 0 Å². The highest BCUT2D eigenvalue weighted by Crippen LogP contribution is 2.22. The zero-order valence-electron chi connectivity index (χ0n) is 15.8. The monoisotopic (exact) mass is 365 g/mol. The van der Waals surface area contributed by atoms with E-state index < -0.39 is 5.97 Å². The number of hydrogen-bond donors (Lipinski definition) is 0. The number of rotatable bonds is 6. The van der Waals surface area contributed by atoms with E-state index in [2.05, 4.69) is 23.8 Å². The summed E-state index contributed by atoms with van der Waals surface area (Å²) in [7, 11) is 1.53. The molecule has 27 heavy (non-hydrogen) atoms. The molecule has 6 nitrogen and oxygen atoms in total. The molecule has 0 fully saturated rings. The Morgan fingerprint density at radius 2 is 1.67 bits per heavy atom. The van der Waals surface area contributed by atoms with E-state index in [-0.39, 0.29) is 17.9 Å². The Labute approximate surface area is 158 Å². The lowest BCUT2D eigenvalue weighted by Crippen LogP contribution is -2.24. The van der Waals surface area contributed by atoms with Crippen LogP contribution in [-0.4, -0.2) is 28.8 Å². The molecular weight excluding hydrogens is 342 g/mol. The minimum Gasteiger partial charge on any atom is -0.456 e. The summed E-state index contributed by atoms with van der Waals surface area (Å²) in [4.78, 5) is 27.1. The summed E-state index contributed by atoms with van der Waals surface area (Å²) in [5, 5.41) is 5.07. The van der Waals surface area contributed by atoms with Gasteiger partial charge in [0.2, 0.25) is 0 Å². The van der Waals surface area contributed by atoms with Gasteiger partial charge in [0.15, 0.2) is 5.69 Å². The summed E-state index contributed by atoms with van der Waals surface area (Å²) in [5.41, 5.74) is 1.89. The number of esters is 1. The normalized spacial score (nSPS) is 10.8. The molecule has 0 aliphatic heterocycles. The standard InChI is InChI=1S/C21H23N3O3/c1-4-24(5-2)18-13-9-6-10-15(18)14-27-21(26)19-16-11-7-8-12-17(16)20(25)23(3)22-19/h6-13H,4-5,14H2,1-3H3. The van der Waals surface area contributed by atoms with E-state index in [1.165, 1.54) is 11.7 Å². The topological polar surface area (TPSA) is 64.4 Å². The number of aromatic nitrogens is 2. The Morgan fingerprint density at radius 1 is 1.04 bits per heavy atom. The molecule has 0 saturated carbocycles. The maximum Gasteiger partial charge on any atom is 0.359 e. The van der Waals surface area contributed by atoms with Crippen LogP contribution in [0.15, 0.2) is 53.3 Å². The minimum absolute atomic E-state index is 0.143. The second-order valence-electron chi connectivity index (χ2n) is 6.20.